The first-order valence-electron chi connectivity index (χ1n) is 12.2. The summed E-state index contributed by atoms with van der Waals surface area (Å²) in [5.74, 6) is 0.300. The van der Waals surface area contributed by atoms with E-state index < -0.39 is 8.32 Å². The van der Waals surface area contributed by atoms with Crippen LogP contribution in [0, 0.1) is 6.92 Å². The lowest BCUT2D eigenvalue weighted by atomic mass is 9.95. The van der Waals surface area contributed by atoms with E-state index in [9.17, 15) is 4.79 Å². The second-order valence-corrected chi connectivity index (χ2v) is 16.1. The fourth-order valence-electron chi connectivity index (χ4n) is 4.10. The number of aryl methyl sites for hydroxylation is 1. The van der Waals surface area contributed by atoms with Gasteiger partial charge in [0.2, 0.25) is 0 Å². The van der Waals surface area contributed by atoms with Gasteiger partial charge < -0.3 is 14.5 Å². The molecule has 2 heterocycles. The summed E-state index contributed by atoms with van der Waals surface area (Å²) < 4.78 is 14.6. The normalized spacial score (nSPS) is 19.1. The van der Waals surface area contributed by atoms with Gasteiger partial charge in [0.1, 0.15) is 11.3 Å². The summed E-state index contributed by atoms with van der Waals surface area (Å²) in [6.45, 7) is 13.3. The Hall–Kier alpha value is -2.42. The minimum Gasteiger partial charge on any atom is -0.488 e. The summed E-state index contributed by atoms with van der Waals surface area (Å²) in [6.07, 6.45) is 7.31. The van der Waals surface area contributed by atoms with Crippen LogP contribution in [0.1, 0.15) is 62.5 Å². The number of nitrogens with one attached hydrogen (secondary N) is 1. The van der Waals surface area contributed by atoms with Crippen molar-refractivity contribution in [1.29, 1.82) is 0 Å². The second-order valence-electron chi connectivity index (χ2n) is 10.9. The minimum atomic E-state index is -1.79. The molecule has 188 valence electrons. The molecule has 1 amide bonds. The first-order valence-corrected chi connectivity index (χ1v) is 15.5. The van der Waals surface area contributed by atoms with Gasteiger partial charge in [0, 0.05) is 23.0 Å². The van der Waals surface area contributed by atoms with Gasteiger partial charge in [-0.2, -0.15) is 5.10 Å². The van der Waals surface area contributed by atoms with Crippen molar-refractivity contribution in [3.05, 3.63) is 52.9 Å². The molecule has 0 bridgehead atoms. The van der Waals surface area contributed by atoms with Gasteiger partial charge in [-0.05, 0) is 75.0 Å². The van der Waals surface area contributed by atoms with Crippen LogP contribution in [-0.4, -0.2) is 41.0 Å². The molecule has 1 aromatic carbocycles. The fraction of sp³-hybridized carbons (Fsp3) is 0.500. The van der Waals surface area contributed by atoms with Crippen LogP contribution >= 0.6 is 11.6 Å². The van der Waals surface area contributed by atoms with Crippen molar-refractivity contribution in [1.82, 2.24) is 14.6 Å². The number of ether oxygens (including phenoxy) is 1. The highest BCUT2D eigenvalue weighted by Crippen LogP contribution is 2.40. The highest BCUT2D eigenvalue weighted by Gasteiger charge is 2.40. The van der Waals surface area contributed by atoms with Crippen molar-refractivity contribution in [3.8, 4) is 5.75 Å². The molecule has 7 nitrogen and oxygen atoms in total. The van der Waals surface area contributed by atoms with Crippen molar-refractivity contribution >= 4 is 37.2 Å². The Labute approximate surface area is 213 Å². The van der Waals surface area contributed by atoms with Crippen molar-refractivity contribution in [3.63, 3.8) is 0 Å². The second kappa shape index (κ2) is 9.91. The highest BCUT2D eigenvalue weighted by molar-refractivity contribution is 6.74. The molecule has 4 rings (SSSR count). The summed E-state index contributed by atoms with van der Waals surface area (Å²) in [4.78, 5) is 17.4. The number of anilines is 1. The molecule has 1 fully saturated rings. The molecule has 35 heavy (non-hydrogen) atoms. The largest absolute Gasteiger partial charge is 0.488 e. The summed E-state index contributed by atoms with van der Waals surface area (Å²) in [5.41, 5.74) is 2.33. The van der Waals surface area contributed by atoms with E-state index in [0.29, 0.717) is 27.7 Å². The Bertz CT molecular complexity index is 1210. The zero-order valence-corrected chi connectivity index (χ0v) is 23.1. The lowest BCUT2D eigenvalue weighted by Crippen LogP contribution is -2.45. The van der Waals surface area contributed by atoms with Crippen LogP contribution in [0.3, 0.4) is 0 Å². The summed E-state index contributed by atoms with van der Waals surface area (Å²) in [7, 11) is -1.79. The molecule has 2 aromatic heterocycles. The maximum absolute atomic E-state index is 13.1. The van der Waals surface area contributed by atoms with Crippen molar-refractivity contribution in [2.24, 2.45) is 0 Å². The van der Waals surface area contributed by atoms with Gasteiger partial charge in [0.25, 0.3) is 5.91 Å². The lowest BCUT2D eigenvalue weighted by Gasteiger charge is -2.41. The fourth-order valence-corrected chi connectivity index (χ4v) is 5.70. The van der Waals surface area contributed by atoms with Crippen LogP contribution in [0.5, 0.6) is 5.75 Å². The average molecular weight is 515 g/mol. The number of fused-ring (bicyclic) bond motifs is 1. The van der Waals surface area contributed by atoms with E-state index in [2.05, 4.69) is 49.3 Å². The van der Waals surface area contributed by atoms with E-state index in [4.69, 9.17) is 20.8 Å². The number of carbonyl (C=O) groups excluding carboxylic acids is 1. The Morgan fingerprint density at radius 2 is 1.83 bits per heavy atom. The highest BCUT2D eigenvalue weighted by atomic mass is 35.5. The van der Waals surface area contributed by atoms with E-state index >= 15 is 0 Å². The van der Waals surface area contributed by atoms with Gasteiger partial charge in [0.15, 0.2) is 14.0 Å². The van der Waals surface area contributed by atoms with Crippen molar-refractivity contribution in [2.45, 2.75) is 83.7 Å². The first kappa shape index (κ1) is 25.7. The summed E-state index contributed by atoms with van der Waals surface area (Å²) in [5, 5.41) is 7.96. The molecule has 1 N–H and O–H groups in total. The standard InChI is InChI=1S/C26H35ClN4O3Si/c1-17-13-14-28-24-21(16-29-31(17)24)25(32)30-22-15-18(27)7-12-23(22)33-19-8-10-20(11-9-19)34-35(5,6)26(2,3)4/h7,12-16,19-20H,8-11H2,1-6H3,(H,30,32). The Morgan fingerprint density at radius 1 is 1.14 bits per heavy atom. The smallest absolute Gasteiger partial charge is 0.261 e. The van der Waals surface area contributed by atoms with E-state index in [1.54, 1.807) is 22.8 Å². The van der Waals surface area contributed by atoms with Gasteiger partial charge in [-0.15, -0.1) is 0 Å². The molecular weight excluding hydrogens is 480 g/mol. The van der Waals surface area contributed by atoms with E-state index in [0.717, 1.165) is 31.4 Å². The maximum Gasteiger partial charge on any atom is 0.261 e. The van der Waals surface area contributed by atoms with Gasteiger partial charge in [-0.1, -0.05) is 32.4 Å². The molecule has 3 aromatic rings. The molecule has 1 aliphatic rings. The molecule has 1 saturated carbocycles. The first-order chi connectivity index (χ1) is 16.4. The van der Waals surface area contributed by atoms with Crippen LogP contribution in [0.4, 0.5) is 5.69 Å². The third kappa shape index (κ3) is 5.71. The van der Waals surface area contributed by atoms with E-state index in [1.165, 1.54) is 6.20 Å². The van der Waals surface area contributed by atoms with Crippen molar-refractivity contribution in [2.75, 3.05) is 5.32 Å². The van der Waals surface area contributed by atoms with E-state index in [-0.39, 0.29) is 23.2 Å². The third-order valence-corrected chi connectivity index (χ3v) is 12.0. The number of rotatable bonds is 6. The lowest BCUT2D eigenvalue weighted by molar-refractivity contribution is 0.0729. The number of nitrogens with zero attached hydrogens (tertiary/aromatic N) is 3. The molecule has 0 spiro atoms. The molecular formula is C26H35ClN4O3Si. The zero-order valence-electron chi connectivity index (χ0n) is 21.4. The van der Waals surface area contributed by atoms with Gasteiger partial charge in [-0.25, -0.2) is 9.50 Å². The Morgan fingerprint density at radius 3 is 2.51 bits per heavy atom. The number of halogens is 1. The average Bonchev–Trinajstić information content (AvgIpc) is 3.22. The van der Waals surface area contributed by atoms with Crippen LogP contribution in [0.2, 0.25) is 23.2 Å². The number of amides is 1. The monoisotopic (exact) mass is 514 g/mol. The quantitative estimate of drug-likeness (QED) is 0.372. The molecule has 0 radical (unpaired) electrons. The minimum absolute atomic E-state index is 0.0624. The number of hydrogen-bond donors (Lipinski definition) is 1. The zero-order chi connectivity index (χ0) is 25.4. The maximum atomic E-state index is 13.1. The van der Waals surface area contributed by atoms with Gasteiger partial charge in [0.05, 0.1) is 18.0 Å². The molecule has 9 heteroatoms. The SMILES string of the molecule is Cc1ccnc2c(C(=O)Nc3cc(Cl)ccc3OC3CCC(O[Si](C)(C)C(C)(C)C)CC3)cnn12. The Kier molecular flexibility index (Phi) is 7.27. The van der Waals surface area contributed by atoms with Gasteiger partial charge in [-0.3, -0.25) is 4.79 Å². The topological polar surface area (TPSA) is 77.8 Å². The molecule has 0 aliphatic heterocycles. The molecule has 1 aliphatic carbocycles. The number of benzene rings is 1. The van der Waals surface area contributed by atoms with Gasteiger partial charge >= 0.3 is 0 Å². The van der Waals surface area contributed by atoms with Crippen LogP contribution in [0.15, 0.2) is 36.7 Å². The predicted octanol–water partition coefficient (Wildman–Crippen LogP) is 6.66. The number of carbonyl (C=O) groups is 1. The number of aromatic nitrogens is 3. The molecule has 0 atom stereocenters. The Balaban J connectivity index is 1.43. The summed E-state index contributed by atoms with van der Waals surface area (Å²) in [6, 6.07) is 7.15. The van der Waals surface area contributed by atoms with E-state index in [1.807, 2.05) is 19.1 Å². The molecule has 0 saturated heterocycles. The van der Waals surface area contributed by atoms with Crippen LogP contribution < -0.4 is 10.1 Å². The predicted molar refractivity (Wildman–Crippen MR) is 142 cm³/mol. The number of hydrogen-bond acceptors (Lipinski definition) is 5. The molecule has 0 unspecified atom stereocenters. The summed E-state index contributed by atoms with van der Waals surface area (Å²) >= 11 is 6.25. The third-order valence-electron chi connectivity index (χ3n) is 7.21. The van der Waals surface area contributed by atoms with Crippen LogP contribution in [0.25, 0.3) is 5.65 Å². The van der Waals surface area contributed by atoms with Crippen molar-refractivity contribution < 1.29 is 14.0 Å². The van der Waals surface area contributed by atoms with Crippen LogP contribution in [-0.2, 0) is 4.43 Å².